The number of H-pyrrole nitrogens is 1. The van der Waals surface area contributed by atoms with Gasteiger partial charge < -0.3 is 9.88 Å². The predicted octanol–water partition coefficient (Wildman–Crippen LogP) is 4.53. The number of aromatic nitrogens is 6. The fourth-order valence-electron chi connectivity index (χ4n) is 3.95. The molecule has 2 aromatic carbocycles. The Bertz CT molecular complexity index is 1580. The van der Waals surface area contributed by atoms with E-state index < -0.39 is 0 Å². The van der Waals surface area contributed by atoms with Crippen LogP contribution in [0.4, 0.5) is 0 Å². The molecule has 0 fully saturated rings. The van der Waals surface area contributed by atoms with E-state index in [-0.39, 0.29) is 11.9 Å². The molecule has 5 aromatic rings. The lowest BCUT2D eigenvalue weighted by Gasteiger charge is -2.13. The highest BCUT2D eigenvalue weighted by Gasteiger charge is 2.16. The molecule has 9 nitrogen and oxygen atoms in total. The zero-order chi connectivity index (χ0) is 25.8. The minimum atomic E-state index is -0.263. The predicted molar refractivity (Wildman–Crippen MR) is 140 cm³/mol. The molecule has 0 aliphatic rings. The highest BCUT2D eigenvalue weighted by molar-refractivity contribution is 6.32. The van der Waals surface area contributed by atoms with E-state index in [0.717, 1.165) is 11.3 Å². The summed E-state index contributed by atoms with van der Waals surface area (Å²) in [4.78, 5) is 17.2. The molecule has 0 saturated carbocycles. The van der Waals surface area contributed by atoms with Gasteiger partial charge in [-0.05, 0) is 36.8 Å². The normalized spacial score (nSPS) is 11.7. The molecule has 5 rings (SSSR count). The number of nitriles is 1. The molecule has 0 bridgehead atoms. The first-order valence-electron chi connectivity index (χ1n) is 11.6. The Balaban J connectivity index is 1.19. The highest BCUT2D eigenvalue weighted by atomic mass is 35.5. The molecule has 0 aliphatic carbocycles. The van der Waals surface area contributed by atoms with Gasteiger partial charge in [0.15, 0.2) is 0 Å². The first-order chi connectivity index (χ1) is 18.0. The Labute approximate surface area is 218 Å². The SMILES string of the molecule is CC(Cn1ccc(-c2ccc(C#N)c(Cl)c2)n1)NC(=O)c1cc(-c2cn(Cc3ccccc3)cn2)n[nH]1. The zero-order valence-corrected chi connectivity index (χ0v) is 20.7. The van der Waals surface area contributed by atoms with Crippen molar-refractivity contribution in [2.75, 3.05) is 0 Å². The van der Waals surface area contributed by atoms with Gasteiger partial charge in [0.2, 0.25) is 0 Å². The minimum Gasteiger partial charge on any atom is -0.346 e. The third kappa shape index (κ3) is 5.60. The van der Waals surface area contributed by atoms with Gasteiger partial charge in [-0.25, -0.2) is 4.98 Å². The number of rotatable bonds is 8. The van der Waals surface area contributed by atoms with Crippen molar-refractivity contribution in [2.45, 2.75) is 26.1 Å². The summed E-state index contributed by atoms with van der Waals surface area (Å²) in [6.07, 6.45) is 5.50. The maximum atomic E-state index is 12.8. The van der Waals surface area contributed by atoms with Crippen LogP contribution >= 0.6 is 11.6 Å². The van der Waals surface area contributed by atoms with Crippen LogP contribution in [-0.2, 0) is 13.1 Å². The standard InChI is InChI=1S/C27H23ClN8O/c1-18(14-36-10-9-23(34-36)20-7-8-21(13-29)22(28)11-20)31-27(37)25-12-24(32-33-25)26-16-35(17-30-26)15-19-5-3-2-4-6-19/h2-12,16-18H,14-15H2,1H3,(H,31,37)(H,32,33). The monoisotopic (exact) mass is 510 g/mol. The van der Waals surface area contributed by atoms with Gasteiger partial charge in [-0.2, -0.15) is 15.5 Å². The van der Waals surface area contributed by atoms with Crippen molar-refractivity contribution < 1.29 is 4.79 Å². The van der Waals surface area contributed by atoms with Gasteiger partial charge >= 0.3 is 0 Å². The van der Waals surface area contributed by atoms with Crippen LogP contribution in [-0.4, -0.2) is 41.5 Å². The van der Waals surface area contributed by atoms with Crippen LogP contribution in [0.1, 0.15) is 28.5 Å². The zero-order valence-electron chi connectivity index (χ0n) is 20.0. The first kappa shape index (κ1) is 24.0. The quantitative estimate of drug-likeness (QED) is 0.318. The summed E-state index contributed by atoms with van der Waals surface area (Å²) >= 11 is 6.14. The van der Waals surface area contributed by atoms with Crippen molar-refractivity contribution in [3.8, 4) is 28.7 Å². The number of carbonyl (C=O) groups excluding carboxylic acids is 1. The molecule has 0 aliphatic heterocycles. The molecule has 184 valence electrons. The highest BCUT2D eigenvalue weighted by Crippen LogP contribution is 2.24. The number of benzene rings is 2. The lowest BCUT2D eigenvalue weighted by Crippen LogP contribution is -2.36. The van der Waals surface area contributed by atoms with Gasteiger partial charge in [0.1, 0.15) is 23.2 Å². The van der Waals surface area contributed by atoms with Crippen LogP contribution in [0.15, 0.2) is 79.4 Å². The summed E-state index contributed by atoms with van der Waals surface area (Å²) in [6, 6.07) is 20.7. The Morgan fingerprint density at radius 1 is 1.14 bits per heavy atom. The largest absolute Gasteiger partial charge is 0.346 e. The van der Waals surface area contributed by atoms with E-state index >= 15 is 0 Å². The Kier molecular flexibility index (Phi) is 6.83. The molecule has 1 atom stereocenters. The number of hydrogen-bond acceptors (Lipinski definition) is 5. The van der Waals surface area contributed by atoms with Crippen LogP contribution in [0.2, 0.25) is 5.02 Å². The first-order valence-corrected chi connectivity index (χ1v) is 12.0. The van der Waals surface area contributed by atoms with Crippen molar-refractivity contribution in [1.82, 2.24) is 34.8 Å². The van der Waals surface area contributed by atoms with E-state index in [1.807, 2.05) is 60.3 Å². The third-order valence-corrected chi connectivity index (χ3v) is 6.10. The Morgan fingerprint density at radius 3 is 2.76 bits per heavy atom. The minimum absolute atomic E-state index is 0.193. The molecule has 3 aromatic heterocycles. The average Bonchev–Trinajstić information content (AvgIpc) is 3.66. The van der Waals surface area contributed by atoms with Crippen LogP contribution < -0.4 is 5.32 Å². The summed E-state index contributed by atoms with van der Waals surface area (Å²) in [6.45, 7) is 3.08. The lowest BCUT2D eigenvalue weighted by molar-refractivity contribution is 0.0931. The van der Waals surface area contributed by atoms with Crippen molar-refractivity contribution in [2.24, 2.45) is 0 Å². The maximum absolute atomic E-state index is 12.8. The molecule has 37 heavy (non-hydrogen) atoms. The number of imidazole rings is 1. The number of nitrogens with zero attached hydrogens (tertiary/aromatic N) is 6. The molecule has 0 spiro atoms. The van der Waals surface area contributed by atoms with Crippen LogP contribution in [0.25, 0.3) is 22.6 Å². The summed E-state index contributed by atoms with van der Waals surface area (Å²) in [5.74, 6) is -0.263. The molecule has 2 N–H and O–H groups in total. The Morgan fingerprint density at radius 2 is 1.97 bits per heavy atom. The van der Waals surface area contributed by atoms with Gasteiger partial charge in [0.05, 0.1) is 29.2 Å². The summed E-state index contributed by atoms with van der Waals surface area (Å²) in [7, 11) is 0. The molecule has 0 saturated heterocycles. The number of hydrogen-bond donors (Lipinski definition) is 2. The van der Waals surface area contributed by atoms with Crippen molar-refractivity contribution in [3.05, 3.63) is 101 Å². The average molecular weight is 511 g/mol. The number of carbonyl (C=O) groups is 1. The summed E-state index contributed by atoms with van der Waals surface area (Å²) in [5, 5.41) is 24.0. The molecule has 1 amide bonds. The second-order valence-corrected chi connectivity index (χ2v) is 9.09. The smallest absolute Gasteiger partial charge is 0.269 e. The van der Waals surface area contributed by atoms with Crippen molar-refractivity contribution >= 4 is 17.5 Å². The maximum Gasteiger partial charge on any atom is 0.269 e. The van der Waals surface area contributed by atoms with Gasteiger partial charge in [0.25, 0.3) is 5.91 Å². The van der Waals surface area contributed by atoms with Crippen LogP contribution in [0, 0.1) is 11.3 Å². The number of amides is 1. The van der Waals surface area contributed by atoms with Crippen molar-refractivity contribution in [3.63, 3.8) is 0 Å². The topological polar surface area (TPSA) is 117 Å². The molecule has 3 heterocycles. The van der Waals surface area contributed by atoms with Gasteiger partial charge in [-0.15, -0.1) is 0 Å². The fourth-order valence-corrected chi connectivity index (χ4v) is 4.18. The molecular formula is C27H23ClN8O. The van der Waals surface area contributed by atoms with E-state index in [1.165, 1.54) is 5.56 Å². The van der Waals surface area contributed by atoms with E-state index in [1.54, 1.807) is 29.2 Å². The van der Waals surface area contributed by atoms with Crippen LogP contribution in [0.3, 0.4) is 0 Å². The van der Waals surface area contributed by atoms with E-state index in [0.29, 0.717) is 40.8 Å². The van der Waals surface area contributed by atoms with Crippen LogP contribution in [0.5, 0.6) is 0 Å². The third-order valence-electron chi connectivity index (χ3n) is 5.79. The number of aromatic amines is 1. The van der Waals surface area contributed by atoms with E-state index in [2.05, 4.69) is 37.7 Å². The van der Waals surface area contributed by atoms with Gasteiger partial charge in [-0.1, -0.05) is 48.0 Å². The molecule has 10 heteroatoms. The summed E-state index contributed by atoms with van der Waals surface area (Å²) < 4.78 is 3.73. The van der Waals surface area contributed by atoms with Gasteiger partial charge in [0, 0.05) is 30.5 Å². The molecule has 1 unspecified atom stereocenters. The lowest BCUT2D eigenvalue weighted by atomic mass is 10.1. The number of nitrogens with one attached hydrogen (secondary N) is 2. The fraction of sp³-hybridized carbons (Fsp3) is 0.148. The summed E-state index contributed by atoms with van der Waals surface area (Å²) in [5.41, 5.74) is 4.78. The van der Waals surface area contributed by atoms with Crippen molar-refractivity contribution in [1.29, 1.82) is 5.26 Å². The second-order valence-electron chi connectivity index (χ2n) is 8.69. The molecular weight excluding hydrogens is 488 g/mol. The van der Waals surface area contributed by atoms with Gasteiger partial charge in [-0.3, -0.25) is 14.6 Å². The van der Waals surface area contributed by atoms with E-state index in [4.69, 9.17) is 16.9 Å². The second kappa shape index (κ2) is 10.5. The Hall–Kier alpha value is -4.68. The van der Waals surface area contributed by atoms with E-state index in [9.17, 15) is 4.79 Å². The number of halogens is 1. The molecule has 0 radical (unpaired) electrons.